The average molecular weight is 143 g/mol. The molecule has 10 heavy (non-hydrogen) atoms. The fourth-order valence-electron chi connectivity index (χ4n) is 0.311. The number of primary amides is 1. The summed E-state index contributed by atoms with van der Waals surface area (Å²) in [6, 6.07) is 0. The van der Waals surface area contributed by atoms with Crippen LogP contribution in [0.3, 0.4) is 0 Å². The zero-order valence-electron chi connectivity index (χ0n) is 5.50. The molecule has 0 radical (unpaired) electrons. The highest BCUT2D eigenvalue weighted by atomic mass is 16.5. The maximum atomic E-state index is 10.3. The van der Waals surface area contributed by atoms with Crippen LogP contribution in [0.5, 0.6) is 0 Å². The Bertz CT molecular complexity index is 153. The first-order chi connectivity index (χ1) is 4.66. The van der Waals surface area contributed by atoms with Gasteiger partial charge in [0.05, 0.1) is 6.42 Å². The third kappa shape index (κ3) is 4.83. The molecule has 0 aliphatic rings. The summed E-state index contributed by atoms with van der Waals surface area (Å²) in [4.78, 5) is 20.4. The largest absolute Gasteiger partial charge is 0.462 e. The Balaban J connectivity index is 3.28. The van der Waals surface area contributed by atoms with Crippen molar-refractivity contribution in [2.75, 3.05) is 6.61 Å². The Morgan fingerprint density at radius 1 is 1.60 bits per heavy atom. The third-order valence-corrected chi connectivity index (χ3v) is 0.759. The van der Waals surface area contributed by atoms with E-state index in [1.165, 1.54) is 0 Å². The van der Waals surface area contributed by atoms with Crippen molar-refractivity contribution in [3.63, 3.8) is 0 Å². The molecule has 0 bridgehead atoms. The minimum Gasteiger partial charge on any atom is -0.462 e. The predicted molar refractivity (Wildman–Crippen MR) is 35.0 cm³/mol. The minimum absolute atomic E-state index is 0.0280. The highest BCUT2D eigenvalue weighted by molar-refractivity contribution is 5.81. The van der Waals surface area contributed by atoms with E-state index < -0.39 is 11.9 Å². The van der Waals surface area contributed by atoms with Gasteiger partial charge in [-0.1, -0.05) is 6.58 Å². The quantitative estimate of drug-likeness (QED) is 0.429. The SMILES string of the molecule is C=CC(=O)OCCC(N)=O. The summed E-state index contributed by atoms with van der Waals surface area (Å²) in [5.41, 5.74) is 4.76. The number of ether oxygens (including phenoxy) is 1. The van der Waals surface area contributed by atoms with E-state index in [0.717, 1.165) is 6.08 Å². The first kappa shape index (κ1) is 8.68. The van der Waals surface area contributed by atoms with Crippen LogP contribution in [0.25, 0.3) is 0 Å². The van der Waals surface area contributed by atoms with Crippen LogP contribution in [0, 0.1) is 0 Å². The Morgan fingerprint density at radius 2 is 2.20 bits per heavy atom. The zero-order valence-corrected chi connectivity index (χ0v) is 5.50. The van der Waals surface area contributed by atoms with Crippen LogP contribution < -0.4 is 5.73 Å². The maximum Gasteiger partial charge on any atom is 0.330 e. The Morgan fingerprint density at radius 3 is 2.60 bits per heavy atom. The Labute approximate surface area is 58.7 Å². The van der Waals surface area contributed by atoms with E-state index in [0.29, 0.717) is 0 Å². The van der Waals surface area contributed by atoms with Gasteiger partial charge in [-0.25, -0.2) is 4.79 Å². The van der Waals surface area contributed by atoms with Crippen LogP contribution in [0.4, 0.5) is 0 Å². The molecule has 0 saturated heterocycles. The first-order valence-corrected chi connectivity index (χ1v) is 2.74. The van der Waals surface area contributed by atoms with Gasteiger partial charge in [0.1, 0.15) is 6.61 Å². The van der Waals surface area contributed by atoms with E-state index >= 15 is 0 Å². The van der Waals surface area contributed by atoms with Crippen molar-refractivity contribution in [2.24, 2.45) is 5.73 Å². The molecule has 1 amide bonds. The maximum absolute atomic E-state index is 10.3. The van der Waals surface area contributed by atoms with Gasteiger partial charge in [-0.2, -0.15) is 0 Å². The lowest BCUT2D eigenvalue weighted by molar-refractivity contribution is -0.138. The molecule has 0 aromatic carbocycles. The lowest BCUT2D eigenvalue weighted by Crippen LogP contribution is -2.14. The smallest absolute Gasteiger partial charge is 0.330 e. The molecule has 2 N–H and O–H groups in total. The summed E-state index contributed by atoms with van der Waals surface area (Å²) in [6.07, 6.45) is 1.08. The standard InChI is InChI=1S/C6H9NO3/c1-2-6(9)10-4-3-5(7)8/h2H,1,3-4H2,(H2,7,8). The molecule has 0 heterocycles. The van der Waals surface area contributed by atoms with E-state index in [1.807, 2.05) is 0 Å². The average Bonchev–Trinajstić information content (AvgIpc) is 1.87. The van der Waals surface area contributed by atoms with E-state index in [9.17, 15) is 9.59 Å². The molecule has 0 aromatic rings. The molecule has 0 aliphatic carbocycles. The van der Waals surface area contributed by atoms with E-state index in [-0.39, 0.29) is 13.0 Å². The normalized spacial score (nSPS) is 8.40. The van der Waals surface area contributed by atoms with Gasteiger partial charge in [0.2, 0.25) is 5.91 Å². The summed E-state index contributed by atoms with van der Waals surface area (Å²) >= 11 is 0. The van der Waals surface area contributed by atoms with Crippen molar-refractivity contribution in [3.8, 4) is 0 Å². The van der Waals surface area contributed by atoms with Crippen LogP contribution >= 0.6 is 0 Å². The summed E-state index contributed by atoms with van der Waals surface area (Å²) in [5, 5.41) is 0. The van der Waals surface area contributed by atoms with Gasteiger partial charge >= 0.3 is 5.97 Å². The number of amides is 1. The molecule has 0 fully saturated rings. The lowest BCUT2D eigenvalue weighted by atomic mass is 10.4. The monoisotopic (exact) mass is 143 g/mol. The molecular weight excluding hydrogens is 134 g/mol. The molecule has 4 nitrogen and oxygen atoms in total. The Kier molecular flexibility index (Phi) is 3.95. The molecule has 0 saturated carbocycles. The fourth-order valence-corrected chi connectivity index (χ4v) is 0.311. The lowest BCUT2D eigenvalue weighted by Gasteiger charge is -1.96. The second-order valence-corrected chi connectivity index (χ2v) is 1.59. The van der Waals surface area contributed by atoms with Crippen LogP contribution in [-0.2, 0) is 14.3 Å². The van der Waals surface area contributed by atoms with Gasteiger partial charge in [0, 0.05) is 6.08 Å². The van der Waals surface area contributed by atoms with Gasteiger partial charge < -0.3 is 10.5 Å². The summed E-state index contributed by atoms with van der Waals surface area (Å²) in [5.74, 6) is -1.03. The Hall–Kier alpha value is -1.32. The van der Waals surface area contributed by atoms with E-state index in [2.05, 4.69) is 11.3 Å². The number of nitrogens with two attached hydrogens (primary N) is 1. The number of rotatable bonds is 4. The van der Waals surface area contributed by atoms with E-state index in [4.69, 9.17) is 5.73 Å². The number of hydrogen-bond acceptors (Lipinski definition) is 3. The van der Waals surface area contributed by atoms with Gasteiger partial charge in [-0.15, -0.1) is 0 Å². The van der Waals surface area contributed by atoms with Crippen LogP contribution in [-0.4, -0.2) is 18.5 Å². The van der Waals surface area contributed by atoms with Crippen molar-refractivity contribution in [1.29, 1.82) is 0 Å². The molecule has 0 rings (SSSR count). The van der Waals surface area contributed by atoms with Crippen molar-refractivity contribution in [3.05, 3.63) is 12.7 Å². The number of carbonyl (C=O) groups is 2. The number of hydrogen-bond donors (Lipinski definition) is 1. The van der Waals surface area contributed by atoms with Crippen molar-refractivity contribution in [2.45, 2.75) is 6.42 Å². The second-order valence-electron chi connectivity index (χ2n) is 1.59. The number of carbonyl (C=O) groups excluding carboxylic acids is 2. The predicted octanol–water partition coefficient (Wildman–Crippen LogP) is -0.409. The highest BCUT2D eigenvalue weighted by Gasteiger charge is 1.96. The topological polar surface area (TPSA) is 69.4 Å². The van der Waals surface area contributed by atoms with Crippen molar-refractivity contribution < 1.29 is 14.3 Å². The van der Waals surface area contributed by atoms with Crippen molar-refractivity contribution >= 4 is 11.9 Å². The van der Waals surface area contributed by atoms with Gasteiger partial charge in [0.25, 0.3) is 0 Å². The molecule has 4 heteroatoms. The molecule has 56 valence electrons. The van der Waals surface area contributed by atoms with Crippen LogP contribution in [0.15, 0.2) is 12.7 Å². The van der Waals surface area contributed by atoms with Crippen LogP contribution in [0.2, 0.25) is 0 Å². The van der Waals surface area contributed by atoms with E-state index in [1.54, 1.807) is 0 Å². The fraction of sp³-hybridized carbons (Fsp3) is 0.333. The molecule has 0 aliphatic heterocycles. The van der Waals surface area contributed by atoms with Gasteiger partial charge in [-0.05, 0) is 0 Å². The second kappa shape index (κ2) is 4.55. The summed E-state index contributed by atoms with van der Waals surface area (Å²) in [7, 11) is 0. The van der Waals surface area contributed by atoms with Gasteiger partial charge in [0.15, 0.2) is 0 Å². The zero-order chi connectivity index (χ0) is 7.98. The first-order valence-electron chi connectivity index (χ1n) is 2.74. The van der Waals surface area contributed by atoms with Gasteiger partial charge in [-0.3, -0.25) is 4.79 Å². The molecular formula is C6H9NO3. The molecule has 0 spiro atoms. The number of esters is 1. The minimum atomic E-state index is -0.541. The molecule has 0 unspecified atom stereocenters. The third-order valence-electron chi connectivity index (χ3n) is 0.759. The van der Waals surface area contributed by atoms with Crippen LogP contribution in [0.1, 0.15) is 6.42 Å². The highest BCUT2D eigenvalue weighted by Crippen LogP contribution is 1.82. The molecule has 0 atom stereocenters. The van der Waals surface area contributed by atoms with Crippen molar-refractivity contribution in [1.82, 2.24) is 0 Å². The summed E-state index contributed by atoms with van der Waals surface area (Å²) in [6.45, 7) is 3.20. The molecule has 0 aromatic heterocycles. The summed E-state index contributed by atoms with van der Waals surface area (Å²) < 4.78 is 4.44.